The van der Waals surface area contributed by atoms with Crippen molar-refractivity contribution >= 4 is 0 Å². The maximum Gasteiger partial charge on any atom is 0.133 e. The number of hydrogen-bond acceptors (Lipinski definition) is 0. The van der Waals surface area contributed by atoms with E-state index in [4.69, 9.17) is 0 Å². The number of aryl methyl sites for hydroxylation is 1. The van der Waals surface area contributed by atoms with Crippen molar-refractivity contribution in [2.24, 2.45) is 0 Å². The second-order valence-corrected chi connectivity index (χ2v) is 3.44. The van der Waals surface area contributed by atoms with E-state index < -0.39 is 0 Å². The minimum atomic E-state index is -0.313. The molecule has 0 N–H and O–H groups in total. The molecule has 2 rings (SSSR count). The van der Waals surface area contributed by atoms with Crippen LogP contribution in [0.2, 0.25) is 0 Å². The lowest BCUT2D eigenvalue weighted by Crippen LogP contribution is -1.88. The Morgan fingerprint density at radius 2 is 1.53 bits per heavy atom. The van der Waals surface area contributed by atoms with Crippen molar-refractivity contribution in [3.63, 3.8) is 0 Å². The molecule has 0 heterocycles. The van der Waals surface area contributed by atoms with Gasteiger partial charge in [-0.05, 0) is 30.2 Å². The van der Waals surface area contributed by atoms with E-state index in [0.717, 1.165) is 0 Å². The Morgan fingerprint density at radius 1 is 0.867 bits per heavy atom. The average Bonchev–Trinajstić information content (AvgIpc) is 2.24. The van der Waals surface area contributed by atoms with Crippen LogP contribution in [0.25, 0.3) is 11.1 Å². The Bertz CT molecular complexity index is 472. The van der Waals surface area contributed by atoms with E-state index >= 15 is 0 Å². The van der Waals surface area contributed by atoms with Crippen LogP contribution in [-0.4, -0.2) is 0 Å². The molecule has 2 aromatic rings. The van der Waals surface area contributed by atoms with Crippen molar-refractivity contribution in [2.75, 3.05) is 0 Å². The summed E-state index contributed by atoms with van der Waals surface area (Å²) < 4.78 is 26.4. The van der Waals surface area contributed by atoms with E-state index in [1.54, 1.807) is 37.3 Å². The number of hydrogen-bond donors (Lipinski definition) is 0. The van der Waals surface area contributed by atoms with Gasteiger partial charge in [0.15, 0.2) is 0 Å². The summed E-state index contributed by atoms with van der Waals surface area (Å²) in [6.45, 7) is 1.71. The third-order valence-electron chi connectivity index (χ3n) is 2.35. The van der Waals surface area contributed by atoms with Crippen LogP contribution in [0.1, 0.15) is 5.56 Å². The van der Waals surface area contributed by atoms with Crippen LogP contribution >= 0.6 is 0 Å². The molecule has 0 radical (unpaired) electrons. The number of rotatable bonds is 1. The molecule has 0 bridgehead atoms. The molecule has 0 atom stereocenters. The van der Waals surface area contributed by atoms with Crippen LogP contribution in [0.5, 0.6) is 0 Å². The quantitative estimate of drug-likeness (QED) is 0.660. The van der Waals surface area contributed by atoms with Crippen molar-refractivity contribution in [1.29, 1.82) is 0 Å². The highest BCUT2D eigenvalue weighted by Gasteiger charge is 2.06. The van der Waals surface area contributed by atoms with E-state index in [0.29, 0.717) is 16.7 Å². The van der Waals surface area contributed by atoms with Crippen molar-refractivity contribution in [2.45, 2.75) is 6.92 Å². The molecular formula is C13H10F2. The van der Waals surface area contributed by atoms with Crippen LogP contribution in [0.3, 0.4) is 0 Å². The van der Waals surface area contributed by atoms with E-state index in [-0.39, 0.29) is 11.6 Å². The highest BCUT2D eigenvalue weighted by atomic mass is 19.1. The summed E-state index contributed by atoms with van der Waals surface area (Å²) in [5, 5.41) is 0. The Hall–Kier alpha value is -1.70. The monoisotopic (exact) mass is 204 g/mol. The zero-order chi connectivity index (χ0) is 10.8. The molecule has 0 unspecified atom stereocenters. The fourth-order valence-corrected chi connectivity index (χ4v) is 1.50. The van der Waals surface area contributed by atoms with Crippen LogP contribution in [0, 0.1) is 18.6 Å². The molecule has 2 heteroatoms. The molecule has 0 fully saturated rings. The van der Waals surface area contributed by atoms with Crippen LogP contribution in [-0.2, 0) is 0 Å². The third-order valence-corrected chi connectivity index (χ3v) is 2.35. The first-order valence-corrected chi connectivity index (χ1v) is 4.69. The van der Waals surface area contributed by atoms with E-state index in [1.807, 2.05) is 0 Å². The molecule has 0 spiro atoms. The van der Waals surface area contributed by atoms with Crippen molar-refractivity contribution in [1.82, 2.24) is 0 Å². The summed E-state index contributed by atoms with van der Waals surface area (Å²) in [5.41, 5.74) is 1.80. The van der Waals surface area contributed by atoms with Gasteiger partial charge in [0.1, 0.15) is 11.6 Å². The van der Waals surface area contributed by atoms with Gasteiger partial charge in [0.25, 0.3) is 0 Å². The molecule has 0 aliphatic carbocycles. The minimum Gasteiger partial charge on any atom is -0.207 e. The summed E-state index contributed by atoms with van der Waals surface area (Å²) in [6, 6.07) is 11.0. The molecule has 0 nitrogen and oxygen atoms in total. The topological polar surface area (TPSA) is 0 Å². The molecular weight excluding hydrogens is 194 g/mol. The van der Waals surface area contributed by atoms with Gasteiger partial charge in [-0.25, -0.2) is 8.78 Å². The number of benzene rings is 2. The van der Waals surface area contributed by atoms with Gasteiger partial charge in [0.2, 0.25) is 0 Å². The summed E-state index contributed by atoms with van der Waals surface area (Å²) in [5.74, 6) is -0.559. The van der Waals surface area contributed by atoms with E-state index in [9.17, 15) is 8.78 Å². The highest BCUT2D eigenvalue weighted by Crippen LogP contribution is 2.24. The second-order valence-electron chi connectivity index (χ2n) is 3.44. The molecule has 0 amide bonds. The fourth-order valence-electron chi connectivity index (χ4n) is 1.50. The fraction of sp³-hybridized carbons (Fsp3) is 0.0769. The molecule has 76 valence electrons. The Morgan fingerprint density at radius 3 is 2.20 bits per heavy atom. The zero-order valence-electron chi connectivity index (χ0n) is 8.30. The Balaban J connectivity index is 2.54. The lowest BCUT2D eigenvalue weighted by molar-refractivity contribution is 0.620. The maximum atomic E-state index is 13.7. The SMILES string of the molecule is Cc1cccc(-c2ccc(F)cc2)c1F. The zero-order valence-corrected chi connectivity index (χ0v) is 8.30. The molecule has 0 aliphatic rings. The normalized spacial score (nSPS) is 10.3. The summed E-state index contributed by atoms with van der Waals surface area (Å²) in [4.78, 5) is 0. The van der Waals surface area contributed by atoms with Gasteiger partial charge in [-0.1, -0.05) is 30.3 Å². The largest absolute Gasteiger partial charge is 0.207 e. The summed E-state index contributed by atoms with van der Waals surface area (Å²) in [6.07, 6.45) is 0. The number of halogens is 2. The van der Waals surface area contributed by atoms with Gasteiger partial charge in [-0.15, -0.1) is 0 Å². The highest BCUT2D eigenvalue weighted by molar-refractivity contribution is 5.64. The van der Waals surface area contributed by atoms with Gasteiger partial charge in [-0.3, -0.25) is 0 Å². The van der Waals surface area contributed by atoms with Gasteiger partial charge in [0.05, 0.1) is 0 Å². The van der Waals surface area contributed by atoms with Crippen LogP contribution < -0.4 is 0 Å². The molecule has 2 aromatic carbocycles. The van der Waals surface area contributed by atoms with Crippen molar-refractivity contribution < 1.29 is 8.78 Å². The lowest BCUT2D eigenvalue weighted by atomic mass is 10.0. The Kier molecular flexibility index (Phi) is 2.50. The first-order valence-electron chi connectivity index (χ1n) is 4.69. The third kappa shape index (κ3) is 1.89. The molecule has 0 saturated carbocycles. The predicted molar refractivity (Wildman–Crippen MR) is 56.5 cm³/mol. The van der Waals surface area contributed by atoms with Crippen LogP contribution in [0.15, 0.2) is 42.5 Å². The molecule has 0 aromatic heterocycles. The van der Waals surface area contributed by atoms with Crippen molar-refractivity contribution in [3.05, 3.63) is 59.7 Å². The van der Waals surface area contributed by atoms with Crippen molar-refractivity contribution in [3.8, 4) is 11.1 Å². The van der Waals surface area contributed by atoms with Gasteiger partial charge < -0.3 is 0 Å². The van der Waals surface area contributed by atoms with E-state index in [1.165, 1.54) is 12.1 Å². The minimum absolute atomic E-state index is 0.246. The van der Waals surface area contributed by atoms with Crippen LogP contribution in [0.4, 0.5) is 8.78 Å². The summed E-state index contributed by atoms with van der Waals surface area (Å²) >= 11 is 0. The van der Waals surface area contributed by atoms with Gasteiger partial charge in [0, 0.05) is 5.56 Å². The Labute approximate surface area is 87.2 Å². The second kappa shape index (κ2) is 3.81. The first kappa shape index (κ1) is 9.84. The molecule has 15 heavy (non-hydrogen) atoms. The molecule has 0 saturated heterocycles. The average molecular weight is 204 g/mol. The van der Waals surface area contributed by atoms with E-state index in [2.05, 4.69) is 0 Å². The standard InChI is InChI=1S/C13H10F2/c1-9-3-2-4-12(13(9)15)10-5-7-11(14)8-6-10/h2-8H,1H3. The first-order chi connectivity index (χ1) is 7.18. The molecule has 0 aliphatic heterocycles. The summed E-state index contributed by atoms with van der Waals surface area (Å²) in [7, 11) is 0. The van der Waals surface area contributed by atoms with Gasteiger partial charge in [-0.2, -0.15) is 0 Å². The maximum absolute atomic E-state index is 13.7. The lowest BCUT2D eigenvalue weighted by Gasteiger charge is -2.05. The predicted octanol–water partition coefficient (Wildman–Crippen LogP) is 3.94. The smallest absolute Gasteiger partial charge is 0.133 e. The van der Waals surface area contributed by atoms with Gasteiger partial charge >= 0.3 is 0 Å².